The van der Waals surface area contributed by atoms with Gasteiger partial charge in [0.25, 0.3) is 0 Å². The number of aryl methyl sites for hydroxylation is 1. The smallest absolute Gasteiger partial charge is 0.222 e. The van der Waals surface area contributed by atoms with Crippen molar-refractivity contribution in [1.29, 1.82) is 0 Å². The highest BCUT2D eigenvalue weighted by Gasteiger charge is 2.30. The first-order valence-corrected chi connectivity index (χ1v) is 6.53. The normalized spacial score (nSPS) is 23.4. The molecule has 1 atom stereocenters. The van der Waals surface area contributed by atoms with E-state index >= 15 is 0 Å². The van der Waals surface area contributed by atoms with Crippen LogP contribution in [0.25, 0.3) is 0 Å². The summed E-state index contributed by atoms with van der Waals surface area (Å²) in [5, 5.41) is 0. The van der Waals surface area contributed by atoms with Crippen molar-refractivity contribution in [3.63, 3.8) is 0 Å². The molecule has 2 aliphatic rings. The van der Waals surface area contributed by atoms with Crippen molar-refractivity contribution in [2.75, 3.05) is 18.0 Å². The Kier molecular flexibility index (Phi) is 2.69. The van der Waals surface area contributed by atoms with Gasteiger partial charge in [0.1, 0.15) is 11.6 Å². The van der Waals surface area contributed by atoms with Crippen LogP contribution in [0.3, 0.4) is 0 Å². The minimum Gasteiger partial charge on any atom is -0.369 e. The molecule has 1 aromatic heterocycles. The molecule has 18 heavy (non-hydrogen) atoms. The van der Waals surface area contributed by atoms with Crippen LogP contribution in [0.5, 0.6) is 0 Å². The lowest BCUT2D eigenvalue weighted by Gasteiger charge is -2.18. The van der Waals surface area contributed by atoms with Gasteiger partial charge in [-0.05, 0) is 26.2 Å². The Morgan fingerprint density at radius 1 is 1.39 bits per heavy atom. The highest BCUT2D eigenvalue weighted by molar-refractivity contribution is 5.78. The van der Waals surface area contributed by atoms with E-state index in [1.807, 2.05) is 13.0 Å². The fourth-order valence-electron chi connectivity index (χ4n) is 2.46. The third kappa shape index (κ3) is 2.17. The summed E-state index contributed by atoms with van der Waals surface area (Å²) in [4.78, 5) is 22.5. The molecule has 2 fully saturated rings. The van der Waals surface area contributed by atoms with Gasteiger partial charge in [-0.25, -0.2) is 9.97 Å². The highest BCUT2D eigenvalue weighted by Crippen LogP contribution is 2.38. The number of carbonyl (C=O) groups is 1. The van der Waals surface area contributed by atoms with Gasteiger partial charge < -0.3 is 10.6 Å². The van der Waals surface area contributed by atoms with Gasteiger partial charge >= 0.3 is 0 Å². The van der Waals surface area contributed by atoms with Crippen molar-refractivity contribution in [2.45, 2.75) is 32.1 Å². The summed E-state index contributed by atoms with van der Waals surface area (Å²) in [6, 6.07) is 2.00. The second-order valence-corrected chi connectivity index (χ2v) is 5.33. The molecule has 1 unspecified atom stereocenters. The quantitative estimate of drug-likeness (QED) is 0.862. The van der Waals surface area contributed by atoms with Gasteiger partial charge in [-0.2, -0.15) is 0 Å². The number of nitrogens with zero attached hydrogens (tertiary/aromatic N) is 3. The molecule has 1 aromatic rings. The third-order valence-corrected chi connectivity index (χ3v) is 3.72. The standard InChI is InChI=1S/C13H18N4O/c1-8-6-11(16-13(15-8)9-2-3-9)17-5-4-10(7-17)12(14)18/h6,9-10H,2-5,7H2,1H3,(H2,14,18). The zero-order valence-electron chi connectivity index (χ0n) is 10.6. The number of nitrogens with two attached hydrogens (primary N) is 1. The maximum Gasteiger partial charge on any atom is 0.222 e. The van der Waals surface area contributed by atoms with Gasteiger partial charge in [-0.3, -0.25) is 4.79 Å². The molecule has 1 saturated heterocycles. The fourth-order valence-corrected chi connectivity index (χ4v) is 2.46. The molecular formula is C13H18N4O. The van der Waals surface area contributed by atoms with E-state index in [0.29, 0.717) is 12.5 Å². The summed E-state index contributed by atoms with van der Waals surface area (Å²) < 4.78 is 0. The number of rotatable bonds is 3. The lowest BCUT2D eigenvalue weighted by Crippen LogP contribution is -2.28. The van der Waals surface area contributed by atoms with Crippen LogP contribution in [0, 0.1) is 12.8 Å². The van der Waals surface area contributed by atoms with Gasteiger partial charge in [-0.15, -0.1) is 0 Å². The van der Waals surface area contributed by atoms with Gasteiger partial charge in [0.05, 0.1) is 5.92 Å². The van der Waals surface area contributed by atoms with Crippen LogP contribution in [-0.2, 0) is 4.79 Å². The van der Waals surface area contributed by atoms with Crippen LogP contribution in [0.4, 0.5) is 5.82 Å². The molecule has 0 aromatic carbocycles. The van der Waals surface area contributed by atoms with E-state index in [-0.39, 0.29) is 11.8 Å². The van der Waals surface area contributed by atoms with E-state index in [1.165, 1.54) is 12.8 Å². The molecule has 0 spiro atoms. The molecular weight excluding hydrogens is 228 g/mol. The van der Waals surface area contributed by atoms with Crippen LogP contribution >= 0.6 is 0 Å². The van der Waals surface area contributed by atoms with E-state index in [9.17, 15) is 4.79 Å². The maximum atomic E-state index is 11.2. The molecule has 2 heterocycles. The summed E-state index contributed by atoms with van der Waals surface area (Å²) in [5.74, 6) is 2.23. The number of hydrogen-bond acceptors (Lipinski definition) is 4. The molecule has 1 saturated carbocycles. The van der Waals surface area contributed by atoms with Gasteiger partial charge in [-0.1, -0.05) is 0 Å². The van der Waals surface area contributed by atoms with Crippen molar-refractivity contribution in [3.8, 4) is 0 Å². The zero-order chi connectivity index (χ0) is 12.7. The van der Waals surface area contributed by atoms with Crippen molar-refractivity contribution in [2.24, 2.45) is 11.7 Å². The zero-order valence-corrected chi connectivity index (χ0v) is 10.6. The molecule has 0 radical (unpaired) electrons. The largest absolute Gasteiger partial charge is 0.369 e. The van der Waals surface area contributed by atoms with E-state index in [1.54, 1.807) is 0 Å². The number of amides is 1. The number of hydrogen-bond donors (Lipinski definition) is 1. The summed E-state index contributed by atoms with van der Waals surface area (Å²) in [6.07, 6.45) is 3.23. The molecule has 96 valence electrons. The lowest BCUT2D eigenvalue weighted by atomic mass is 10.1. The Hall–Kier alpha value is -1.65. The lowest BCUT2D eigenvalue weighted by molar-refractivity contribution is -0.121. The number of aromatic nitrogens is 2. The first-order chi connectivity index (χ1) is 8.63. The monoisotopic (exact) mass is 246 g/mol. The molecule has 0 bridgehead atoms. The van der Waals surface area contributed by atoms with E-state index in [4.69, 9.17) is 5.73 Å². The second-order valence-electron chi connectivity index (χ2n) is 5.33. The number of anilines is 1. The van der Waals surface area contributed by atoms with Crippen LogP contribution in [0.1, 0.15) is 36.7 Å². The first-order valence-electron chi connectivity index (χ1n) is 6.53. The predicted molar refractivity (Wildman–Crippen MR) is 68.3 cm³/mol. The van der Waals surface area contributed by atoms with E-state index < -0.39 is 0 Å². The summed E-state index contributed by atoms with van der Waals surface area (Å²) in [6.45, 7) is 3.54. The molecule has 3 rings (SSSR count). The van der Waals surface area contributed by atoms with Crippen LogP contribution < -0.4 is 10.6 Å². The Bertz CT molecular complexity index is 484. The highest BCUT2D eigenvalue weighted by atomic mass is 16.1. The Balaban J connectivity index is 1.81. The van der Waals surface area contributed by atoms with Gasteiger partial charge in [0.15, 0.2) is 0 Å². The fraction of sp³-hybridized carbons (Fsp3) is 0.615. The maximum absolute atomic E-state index is 11.2. The summed E-state index contributed by atoms with van der Waals surface area (Å²) >= 11 is 0. The number of primary amides is 1. The van der Waals surface area contributed by atoms with Crippen molar-refractivity contribution in [3.05, 3.63) is 17.6 Å². The average Bonchev–Trinajstić information content (AvgIpc) is 3.05. The van der Waals surface area contributed by atoms with Crippen molar-refractivity contribution in [1.82, 2.24) is 9.97 Å². The van der Waals surface area contributed by atoms with Crippen LogP contribution in [0.15, 0.2) is 6.07 Å². The van der Waals surface area contributed by atoms with Gasteiger partial charge in [0, 0.05) is 30.8 Å². The second kappa shape index (κ2) is 4.23. The van der Waals surface area contributed by atoms with Gasteiger partial charge in [0.2, 0.25) is 5.91 Å². The van der Waals surface area contributed by atoms with E-state index in [0.717, 1.165) is 30.3 Å². The van der Waals surface area contributed by atoms with Crippen molar-refractivity contribution >= 4 is 11.7 Å². The molecule has 1 amide bonds. The average molecular weight is 246 g/mol. The molecule has 1 aliphatic heterocycles. The SMILES string of the molecule is Cc1cc(N2CCC(C(N)=O)C2)nc(C2CC2)n1. The first kappa shape index (κ1) is 11.4. The number of carbonyl (C=O) groups excluding carboxylic acids is 1. The molecule has 5 nitrogen and oxygen atoms in total. The van der Waals surface area contributed by atoms with Crippen LogP contribution in [0.2, 0.25) is 0 Å². The summed E-state index contributed by atoms with van der Waals surface area (Å²) in [5.41, 5.74) is 6.36. The molecule has 5 heteroatoms. The van der Waals surface area contributed by atoms with Crippen molar-refractivity contribution < 1.29 is 4.79 Å². The topological polar surface area (TPSA) is 72.1 Å². The Labute approximate surface area is 106 Å². The van der Waals surface area contributed by atoms with E-state index in [2.05, 4.69) is 14.9 Å². The minimum absolute atomic E-state index is 0.0374. The third-order valence-electron chi connectivity index (χ3n) is 3.72. The molecule has 1 aliphatic carbocycles. The summed E-state index contributed by atoms with van der Waals surface area (Å²) in [7, 11) is 0. The predicted octanol–water partition coefficient (Wildman–Crippen LogP) is 0.974. The Morgan fingerprint density at radius 3 is 2.78 bits per heavy atom. The van der Waals surface area contributed by atoms with Crippen LogP contribution in [-0.4, -0.2) is 29.0 Å². The molecule has 2 N–H and O–H groups in total. The minimum atomic E-state index is -0.203. The Morgan fingerprint density at radius 2 is 2.17 bits per heavy atom.